The molecular weight excluding hydrogens is 356 g/mol. The highest BCUT2D eigenvalue weighted by molar-refractivity contribution is 7.86. The first-order valence-electron chi connectivity index (χ1n) is 8.96. The fourth-order valence-electron chi connectivity index (χ4n) is 3.07. The van der Waals surface area contributed by atoms with Crippen molar-refractivity contribution in [3.63, 3.8) is 0 Å². The van der Waals surface area contributed by atoms with Crippen LogP contribution in [0.4, 0.5) is 0 Å². The van der Waals surface area contributed by atoms with E-state index in [0.29, 0.717) is 12.8 Å². The standard InChI is InChI=1S/C19H30O6S/c1-14-6-8-18(9-7-14)26(20,21)23-11-10-16-13-17(12-15(2)22-5)25-19(3,4)24-16/h6-9,15-17H,10-13H2,1-5H3. The zero-order chi connectivity index (χ0) is 19.4. The molecule has 0 bridgehead atoms. The maximum Gasteiger partial charge on any atom is 0.296 e. The molecule has 0 saturated carbocycles. The average Bonchev–Trinajstić information content (AvgIpc) is 2.53. The van der Waals surface area contributed by atoms with Crippen molar-refractivity contribution in [1.82, 2.24) is 0 Å². The molecule has 0 amide bonds. The van der Waals surface area contributed by atoms with Crippen LogP contribution in [-0.4, -0.2) is 46.2 Å². The molecule has 6 nitrogen and oxygen atoms in total. The van der Waals surface area contributed by atoms with Crippen molar-refractivity contribution in [3.8, 4) is 0 Å². The Morgan fingerprint density at radius 3 is 2.42 bits per heavy atom. The number of benzene rings is 1. The fraction of sp³-hybridized carbons (Fsp3) is 0.684. The van der Waals surface area contributed by atoms with Gasteiger partial charge >= 0.3 is 0 Å². The lowest BCUT2D eigenvalue weighted by Crippen LogP contribution is -2.45. The lowest BCUT2D eigenvalue weighted by molar-refractivity contribution is -0.303. The smallest absolute Gasteiger partial charge is 0.296 e. The molecule has 0 aromatic heterocycles. The monoisotopic (exact) mass is 386 g/mol. The van der Waals surface area contributed by atoms with E-state index in [2.05, 4.69) is 0 Å². The second-order valence-electron chi connectivity index (χ2n) is 7.28. The summed E-state index contributed by atoms with van der Waals surface area (Å²) in [5.41, 5.74) is 0.998. The number of ether oxygens (including phenoxy) is 3. The number of rotatable bonds is 8. The Morgan fingerprint density at radius 2 is 1.81 bits per heavy atom. The molecular formula is C19H30O6S. The number of hydrogen-bond acceptors (Lipinski definition) is 6. The summed E-state index contributed by atoms with van der Waals surface area (Å²) >= 11 is 0. The van der Waals surface area contributed by atoms with E-state index in [1.54, 1.807) is 31.4 Å². The summed E-state index contributed by atoms with van der Waals surface area (Å²) in [5, 5.41) is 0. The highest BCUT2D eigenvalue weighted by atomic mass is 32.2. The van der Waals surface area contributed by atoms with Gasteiger partial charge in [0.2, 0.25) is 0 Å². The predicted molar refractivity (Wildman–Crippen MR) is 98.5 cm³/mol. The van der Waals surface area contributed by atoms with E-state index in [4.69, 9.17) is 18.4 Å². The summed E-state index contributed by atoms with van der Waals surface area (Å²) in [6.45, 7) is 7.71. The lowest BCUT2D eigenvalue weighted by Gasteiger charge is -2.41. The van der Waals surface area contributed by atoms with E-state index in [1.807, 2.05) is 27.7 Å². The molecule has 3 unspecified atom stereocenters. The summed E-state index contributed by atoms with van der Waals surface area (Å²) in [6.07, 6.45) is 1.91. The first-order valence-corrected chi connectivity index (χ1v) is 10.4. The van der Waals surface area contributed by atoms with Crippen LogP contribution >= 0.6 is 0 Å². The molecule has 1 fully saturated rings. The molecule has 7 heteroatoms. The van der Waals surface area contributed by atoms with Gasteiger partial charge in [0.15, 0.2) is 5.79 Å². The SMILES string of the molecule is COC(C)CC1CC(CCOS(=O)(=O)c2ccc(C)cc2)OC(C)(C)O1. The molecule has 1 heterocycles. The zero-order valence-corrected chi connectivity index (χ0v) is 17.0. The van der Waals surface area contributed by atoms with Gasteiger partial charge in [-0.15, -0.1) is 0 Å². The molecule has 148 valence electrons. The Hall–Kier alpha value is -0.990. The molecule has 3 atom stereocenters. The normalized spacial score (nSPS) is 24.3. The minimum Gasteiger partial charge on any atom is -0.382 e. The number of hydrogen-bond donors (Lipinski definition) is 0. The second kappa shape index (κ2) is 8.80. The van der Waals surface area contributed by atoms with Gasteiger partial charge in [0, 0.05) is 13.5 Å². The van der Waals surface area contributed by atoms with Crippen molar-refractivity contribution in [3.05, 3.63) is 29.8 Å². The molecule has 0 N–H and O–H groups in total. The van der Waals surface area contributed by atoms with Gasteiger partial charge in [0.05, 0.1) is 29.8 Å². The molecule has 1 aromatic carbocycles. The van der Waals surface area contributed by atoms with Crippen molar-refractivity contribution >= 4 is 10.1 Å². The Bertz CT molecular complexity index is 668. The third kappa shape index (κ3) is 6.32. The van der Waals surface area contributed by atoms with Crippen LogP contribution in [0.3, 0.4) is 0 Å². The van der Waals surface area contributed by atoms with Crippen molar-refractivity contribution < 1.29 is 26.8 Å². The van der Waals surface area contributed by atoms with Gasteiger partial charge in [-0.05, 0) is 52.7 Å². The molecule has 26 heavy (non-hydrogen) atoms. The van der Waals surface area contributed by atoms with E-state index >= 15 is 0 Å². The summed E-state index contributed by atoms with van der Waals surface area (Å²) < 4.78 is 46.9. The van der Waals surface area contributed by atoms with Crippen molar-refractivity contribution in [2.45, 2.75) is 76.0 Å². The van der Waals surface area contributed by atoms with Gasteiger partial charge in [-0.25, -0.2) is 0 Å². The largest absolute Gasteiger partial charge is 0.382 e. The first kappa shape index (κ1) is 21.3. The van der Waals surface area contributed by atoms with E-state index in [9.17, 15) is 8.42 Å². The van der Waals surface area contributed by atoms with Crippen molar-refractivity contribution in [1.29, 1.82) is 0 Å². The molecule has 1 saturated heterocycles. The van der Waals surface area contributed by atoms with E-state index in [1.165, 1.54) is 0 Å². The molecule has 0 radical (unpaired) electrons. The van der Waals surface area contributed by atoms with Crippen LogP contribution in [0.5, 0.6) is 0 Å². The fourth-order valence-corrected chi connectivity index (χ4v) is 3.99. The van der Waals surface area contributed by atoms with E-state index < -0.39 is 15.9 Å². The minimum absolute atomic E-state index is 0.00686. The summed E-state index contributed by atoms with van der Waals surface area (Å²) in [6, 6.07) is 6.62. The lowest BCUT2D eigenvalue weighted by atomic mass is 10.0. The van der Waals surface area contributed by atoms with Crippen LogP contribution in [0.2, 0.25) is 0 Å². The number of methoxy groups -OCH3 is 1. The van der Waals surface area contributed by atoms with E-state index in [0.717, 1.165) is 12.0 Å². The predicted octanol–water partition coefficient (Wildman–Crippen LogP) is 3.43. The van der Waals surface area contributed by atoms with Gasteiger partial charge in [0.1, 0.15) is 0 Å². The van der Waals surface area contributed by atoms with E-state index in [-0.39, 0.29) is 29.8 Å². The van der Waals surface area contributed by atoms with Gasteiger partial charge < -0.3 is 14.2 Å². The maximum atomic E-state index is 12.3. The molecule has 1 aliphatic heterocycles. The van der Waals surface area contributed by atoms with Crippen LogP contribution in [0, 0.1) is 6.92 Å². The summed E-state index contributed by atoms with van der Waals surface area (Å²) in [7, 11) is -2.07. The quantitative estimate of drug-likeness (QED) is 0.638. The zero-order valence-electron chi connectivity index (χ0n) is 16.2. The Balaban J connectivity index is 1.90. The molecule has 2 rings (SSSR count). The third-order valence-electron chi connectivity index (χ3n) is 4.41. The van der Waals surface area contributed by atoms with Crippen LogP contribution < -0.4 is 0 Å². The highest BCUT2D eigenvalue weighted by Gasteiger charge is 2.36. The van der Waals surface area contributed by atoms with Crippen LogP contribution in [-0.2, 0) is 28.5 Å². The Kier molecular flexibility index (Phi) is 7.21. The highest BCUT2D eigenvalue weighted by Crippen LogP contribution is 2.30. The van der Waals surface area contributed by atoms with Gasteiger partial charge in [-0.1, -0.05) is 17.7 Å². The van der Waals surface area contributed by atoms with Crippen molar-refractivity contribution in [2.75, 3.05) is 13.7 Å². The molecule has 1 aromatic rings. The Labute approximate surface area is 156 Å². The molecule has 0 aliphatic carbocycles. The summed E-state index contributed by atoms with van der Waals surface area (Å²) in [4.78, 5) is 0.170. The molecule has 0 spiro atoms. The topological polar surface area (TPSA) is 71.1 Å². The van der Waals surface area contributed by atoms with Crippen molar-refractivity contribution in [2.24, 2.45) is 0 Å². The van der Waals surface area contributed by atoms with Gasteiger partial charge in [-0.3, -0.25) is 4.18 Å². The van der Waals surface area contributed by atoms with Crippen LogP contribution in [0.25, 0.3) is 0 Å². The minimum atomic E-state index is -3.75. The average molecular weight is 387 g/mol. The van der Waals surface area contributed by atoms with Gasteiger partial charge in [0.25, 0.3) is 10.1 Å². The van der Waals surface area contributed by atoms with Gasteiger partial charge in [-0.2, -0.15) is 8.42 Å². The third-order valence-corrected chi connectivity index (χ3v) is 5.74. The summed E-state index contributed by atoms with van der Waals surface area (Å²) in [5.74, 6) is -0.711. The second-order valence-corrected chi connectivity index (χ2v) is 8.89. The maximum absolute atomic E-state index is 12.3. The first-order chi connectivity index (χ1) is 12.1. The molecule has 1 aliphatic rings. The number of aryl methyl sites for hydroxylation is 1. The van der Waals surface area contributed by atoms with Crippen LogP contribution in [0.1, 0.15) is 45.6 Å². The Morgan fingerprint density at radius 1 is 1.19 bits per heavy atom. The van der Waals surface area contributed by atoms with Crippen LogP contribution in [0.15, 0.2) is 29.2 Å².